The van der Waals surface area contributed by atoms with E-state index < -0.39 is 10.9 Å². The van der Waals surface area contributed by atoms with Crippen LogP contribution in [0.3, 0.4) is 0 Å². The number of unbranched alkanes of at least 4 members (excludes halogenated alkanes) is 1. The van der Waals surface area contributed by atoms with Gasteiger partial charge in [-0.1, -0.05) is 38.5 Å². The van der Waals surface area contributed by atoms with E-state index in [1.54, 1.807) is 4.68 Å². The van der Waals surface area contributed by atoms with Gasteiger partial charge in [-0.25, -0.2) is 4.79 Å². The number of anilines is 1. The van der Waals surface area contributed by atoms with Crippen LogP contribution in [0.1, 0.15) is 33.1 Å². The molecule has 0 aliphatic rings. The molecular formula is C22H26N3O4S+. The average molecular weight is 429 g/mol. The number of carbonyl (C=O) groups excluding carboxylic acids is 1. The third-order valence-electron chi connectivity index (χ3n) is 4.43. The Morgan fingerprint density at radius 1 is 1.17 bits per heavy atom. The number of H-pyrrole nitrogens is 1. The first-order chi connectivity index (χ1) is 14.6. The van der Waals surface area contributed by atoms with Gasteiger partial charge in [0.1, 0.15) is 5.75 Å². The second-order valence-corrected chi connectivity index (χ2v) is 7.88. The van der Waals surface area contributed by atoms with E-state index in [1.807, 2.05) is 61.5 Å². The fraction of sp³-hybridized carbons (Fsp3) is 0.318. The number of carbonyl (C=O) groups is 1. The second-order valence-electron chi connectivity index (χ2n) is 6.69. The number of nitrogens with one attached hydrogen (secondary N) is 2. The molecule has 0 radical (unpaired) electrons. The number of aromatic amines is 1. The molecule has 158 valence electrons. The van der Waals surface area contributed by atoms with E-state index in [4.69, 9.17) is 9.26 Å². The Morgan fingerprint density at radius 2 is 1.90 bits per heavy atom. The fourth-order valence-electron chi connectivity index (χ4n) is 2.76. The number of nitrogens with zero attached hydrogens (tertiary/aromatic N) is 1. The van der Waals surface area contributed by atoms with Gasteiger partial charge in [-0.05, 0) is 58.8 Å². The van der Waals surface area contributed by atoms with Gasteiger partial charge in [0.2, 0.25) is 11.6 Å². The van der Waals surface area contributed by atoms with Crippen molar-refractivity contribution in [1.29, 1.82) is 0 Å². The van der Waals surface area contributed by atoms with Crippen molar-refractivity contribution < 1.29 is 18.7 Å². The lowest BCUT2D eigenvalue weighted by atomic mass is 10.2. The number of para-hydroxylation sites is 1. The Bertz CT molecular complexity index is 999. The third-order valence-corrected chi connectivity index (χ3v) is 5.83. The van der Waals surface area contributed by atoms with Crippen LogP contribution in [0.4, 0.5) is 5.69 Å². The van der Waals surface area contributed by atoms with Crippen LogP contribution < -0.4 is 20.4 Å². The van der Waals surface area contributed by atoms with Gasteiger partial charge in [0.15, 0.2) is 0 Å². The van der Waals surface area contributed by atoms with Crippen LogP contribution in [-0.2, 0) is 4.79 Å². The summed E-state index contributed by atoms with van der Waals surface area (Å²) in [6.07, 6.45) is 2.63. The number of rotatable bonds is 10. The van der Waals surface area contributed by atoms with E-state index in [9.17, 15) is 9.59 Å². The Hall–Kier alpha value is -3.00. The molecule has 0 bridgehead atoms. The number of hydrogen-bond acceptors (Lipinski definition) is 5. The molecule has 1 heterocycles. The molecule has 3 rings (SSSR count). The van der Waals surface area contributed by atoms with Crippen LogP contribution in [0.5, 0.6) is 5.75 Å². The minimum absolute atomic E-state index is 0.178. The van der Waals surface area contributed by atoms with E-state index in [0.29, 0.717) is 23.7 Å². The second kappa shape index (κ2) is 10.7. The summed E-state index contributed by atoms with van der Waals surface area (Å²) in [6, 6.07) is 16.6. The van der Waals surface area contributed by atoms with Crippen molar-refractivity contribution in [3.63, 3.8) is 0 Å². The quantitative estimate of drug-likeness (QED) is 0.290. The summed E-state index contributed by atoms with van der Waals surface area (Å²) in [5.74, 6) is 0.596. The van der Waals surface area contributed by atoms with Crippen LogP contribution >= 0.6 is 11.8 Å². The molecule has 1 aromatic heterocycles. The van der Waals surface area contributed by atoms with Gasteiger partial charge < -0.3 is 10.1 Å². The molecule has 0 aliphatic carbocycles. The van der Waals surface area contributed by atoms with Crippen molar-refractivity contribution in [3.05, 3.63) is 65.0 Å². The topological polar surface area (TPSA) is 88.2 Å². The van der Waals surface area contributed by atoms with E-state index in [0.717, 1.165) is 24.3 Å². The maximum Gasteiger partial charge on any atom is 0.442 e. The third kappa shape index (κ3) is 5.54. The summed E-state index contributed by atoms with van der Waals surface area (Å²) >= 11 is 1.18. The summed E-state index contributed by atoms with van der Waals surface area (Å²) in [5.41, 5.74) is 0.919. The van der Waals surface area contributed by atoms with Crippen molar-refractivity contribution in [3.8, 4) is 11.4 Å². The number of thioether (sulfide) groups is 1. The highest BCUT2D eigenvalue weighted by Gasteiger charge is 2.30. The molecule has 0 spiro atoms. The van der Waals surface area contributed by atoms with Crippen molar-refractivity contribution in [2.45, 2.75) is 43.4 Å². The van der Waals surface area contributed by atoms with Gasteiger partial charge in [0.25, 0.3) is 0 Å². The monoisotopic (exact) mass is 428 g/mol. The van der Waals surface area contributed by atoms with E-state index in [-0.39, 0.29) is 5.91 Å². The molecule has 0 saturated carbocycles. The predicted octanol–water partition coefficient (Wildman–Crippen LogP) is 3.93. The molecule has 0 fully saturated rings. The first-order valence-corrected chi connectivity index (χ1v) is 10.9. The first kappa shape index (κ1) is 21.7. The van der Waals surface area contributed by atoms with Crippen molar-refractivity contribution in [2.24, 2.45) is 0 Å². The maximum atomic E-state index is 12.8. The van der Waals surface area contributed by atoms with Gasteiger partial charge >= 0.3 is 10.7 Å². The SMILES string of the molecule is CCCCOc1ccc(NC(=O)C(CC)Sc2c(=O)o[nH][n+]2-c2ccccc2)cc1. The first-order valence-electron chi connectivity index (χ1n) is 10.0. The van der Waals surface area contributed by atoms with Crippen LogP contribution in [0.2, 0.25) is 0 Å². The molecule has 3 aromatic rings. The van der Waals surface area contributed by atoms with Gasteiger partial charge in [-0.3, -0.25) is 9.32 Å². The number of amides is 1. The zero-order valence-electron chi connectivity index (χ0n) is 17.1. The lowest BCUT2D eigenvalue weighted by molar-refractivity contribution is -0.704. The molecule has 1 amide bonds. The maximum absolute atomic E-state index is 12.8. The molecular weight excluding hydrogens is 402 g/mol. The van der Waals surface area contributed by atoms with Crippen molar-refractivity contribution in [1.82, 2.24) is 5.27 Å². The highest BCUT2D eigenvalue weighted by atomic mass is 32.2. The Morgan fingerprint density at radius 3 is 2.57 bits per heavy atom. The van der Waals surface area contributed by atoms with Crippen LogP contribution in [0.25, 0.3) is 5.69 Å². The molecule has 2 aromatic carbocycles. The van der Waals surface area contributed by atoms with Gasteiger partial charge in [0.05, 0.1) is 11.9 Å². The molecule has 0 aliphatic heterocycles. The van der Waals surface area contributed by atoms with E-state index in [2.05, 4.69) is 17.5 Å². The number of ether oxygens (including phenoxy) is 1. The summed E-state index contributed by atoms with van der Waals surface area (Å²) in [5, 5.41) is 5.37. The summed E-state index contributed by atoms with van der Waals surface area (Å²) < 4.78 is 12.2. The zero-order chi connectivity index (χ0) is 21.3. The molecule has 8 heteroatoms. The van der Waals surface area contributed by atoms with Gasteiger partial charge in [0, 0.05) is 17.8 Å². The highest BCUT2D eigenvalue weighted by Crippen LogP contribution is 2.23. The van der Waals surface area contributed by atoms with Gasteiger partial charge in [-0.15, -0.1) is 0 Å². The van der Waals surface area contributed by atoms with Crippen LogP contribution in [-0.4, -0.2) is 23.0 Å². The Labute approximate surface area is 179 Å². The number of hydrogen-bond donors (Lipinski definition) is 2. The predicted molar refractivity (Wildman–Crippen MR) is 116 cm³/mol. The minimum atomic E-state index is -0.510. The molecule has 7 nitrogen and oxygen atoms in total. The Kier molecular flexibility index (Phi) is 7.73. The minimum Gasteiger partial charge on any atom is -0.494 e. The molecule has 2 N–H and O–H groups in total. The van der Waals surface area contributed by atoms with Crippen LogP contribution in [0, 0.1) is 0 Å². The van der Waals surface area contributed by atoms with Gasteiger partial charge in [-0.2, -0.15) is 0 Å². The van der Waals surface area contributed by atoms with E-state index >= 15 is 0 Å². The molecule has 1 atom stereocenters. The van der Waals surface area contributed by atoms with E-state index in [1.165, 1.54) is 11.8 Å². The molecule has 1 unspecified atom stereocenters. The summed E-state index contributed by atoms with van der Waals surface area (Å²) in [6.45, 7) is 4.70. The standard InChI is InChI=1S/C22H25N3O4S/c1-3-5-15-28-18-13-11-16(12-14-18)23-20(26)19(4-2)30-21-22(27)29-24-25(21)17-9-7-6-8-10-17/h6-14,19H,3-5,15H2,1-2H3,(H-,23,24,26,27)/p+1. The molecule has 0 saturated heterocycles. The average Bonchev–Trinajstić information content (AvgIpc) is 3.14. The zero-order valence-corrected chi connectivity index (χ0v) is 17.9. The highest BCUT2D eigenvalue weighted by molar-refractivity contribution is 8.00. The lowest BCUT2D eigenvalue weighted by Gasteiger charge is -2.12. The van der Waals surface area contributed by atoms with Crippen molar-refractivity contribution in [2.75, 3.05) is 11.9 Å². The summed E-state index contributed by atoms with van der Waals surface area (Å²) in [4.78, 5) is 25.0. The number of benzene rings is 2. The van der Waals surface area contributed by atoms with Crippen LogP contribution in [0.15, 0.2) is 68.9 Å². The Balaban J connectivity index is 1.68. The lowest BCUT2D eigenvalue weighted by Crippen LogP contribution is -2.37. The normalized spacial score (nSPS) is 11.8. The number of aromatic nitrogens is 2. The molecule has 30 heavy (non-hydrogen) atoms. The smallest absolute Gasteiger partial charge is 0.442 e. The van der Waals surface area contributed by atoms with Crippen molar-refractivity contribution >= 4 is 23.4 Å². The fourth-order valence-corrected chi connectivity index (χ4v) is 3.75. The summed E-state index contributed by atoms with van der Waals surface area (Å²) in [7, 11) is 0. The largest absolute Gasteiger partial charge is 0.494 e.